The van der Waals surface area contributed by atoms with Crippen LogP contribution in [0.1, 0.15) is 10.4 Å². The molecule has 0 amide bonds. The maximum Gasteiger partial charge on any atom is 1.00 e. The van der Waals surface area contributed by atoms with Crippen LogP contribution in [0.15, 0.2) is 12.1 Å². The molecule has 82 valence electrons. The zero-order chi connectivity index (χ0) is 11.4. The minimum absolute atomic E-state index is 0. The van der Waals surface area contributed by atoms with Crippen molar-refractivity contribution in [3.63, 3.8) is 0 Å². The van der Waals surface area contributed by atoms with Crippen LogP contribution < -0.4 is 48.9 Å². The van der Waals surface area contributed by atoms with Gasteiger partial charge in [-0.1, -0.05) is 0 Å². The van der Waals surface area contributed by atoms with Gasteiger partial charge in [-0.05, 0) is 12.1 Å². The van der Waals surface area contributed by atoms with Crippen molar-refractivity contribution >= 4 is 5.97 Å². The molecular weight excluding hydrogens is 223 g/mol. The van der Waals surface area contributed by atoms with Gasteiger partial charge in [0.2, 0.25) is 5.75 Å². The van der Waals surface area contributed by atoms with E-state index in [9.17, 15) is 9.90 Å². The van der Waals surface area contributed by atoms with Crippen molar-refractivity contribution < 1.29 is 53.7 Å². The molecule has 0 saturated carbocycles. The molecule has 0 N–H and O–H groups in total. The molecule has 0 fully saturated rings. The topological polar surface area (TPSA) is 67.8 Å². The molecule has 1 aromatic carbocycles. The first-order chi connectivity index (χ1) is 7.13. The maximum atomic E-state index is 10.7. The molecule has 0 saturated heterocycles. The smallest absolute Gasteiger partial charge is 0.545 e. The van der Waals surface area contributed by atoms with Gasteiger partial charge in [0.05, 0.1) is 27.3 Å². The van der Waals surface area contributed by atoms with E-state index in [0.717, 1.165) is 0 Å². The summed E-state index contributed by atoms with van der Waals surface area (Å²) in [5.41, 5.74) is -0.0236. The van der Waals surface area contributed by atoms with E-state index < -0.39 is 5.97 Å². The Morgan fingerprint density at radius 1 is 1.06 bits per heavy atom. The third kappa shape index (κ3) is 3.04. The number of hydrogen-bond donors (Lipinski definition) is 0. The monoisotopic (exact) mass is 234 g/mol. The largest absolute Gasteiger partial charge is 1.00 e. The molecule has 0 aliphatic rings. The molecule has 1 rings (SSSR count). The van der Waals surface area contributed by atoms with E-state index in [2.05, 4.69) is 0 Å². The SMILES string of the molecule is COc1cc(C(=O)[O-])cc(OC)c1OC.[Na+]. The molecule has 0 bridgehead atoms. The fourth-order valence-corrected chi connectivity index (χ4v) is 1.20. The standard InChI is InChI=1S/C10H12O5.Na/c1-13-7-4-6(10(11)12)5-8(14-2)9(7)15-3;/h4-5H,1-3H3,(H,11,12);/q;+1/p-1. The van der Waals surface area contributed by atoms with E-state index in [-0.39, 0.29) is 46.6 Å². The molecule has 0 unspecified atom stereocenters. The number of methoxy groups -OCH3 is 3. The van der Waals surface area contributed by atoms with Crippen molar-refractivity contribution in [1.29, 1.82) is 0 Å². The van der Waals surface area contributed by atoms with Gasteiger partial charge in [0.15, 0.2) is 11.5 Å². The molecule has 16 heavy (non-hydrogen) atoms. The van der Waals surface area contributed by atoms with Crippen molar-refractivity contribution in [3.05, 3.63) is 17.7 Å². The molecule has 0 aromatic heterocycles. The Hall–Kier alpha value is -0.910. The summed E-state index contributed by atoms with van der Waals surface area (Å²) in [5.74, 6) is -0.369. The average Bonchev–Trinajstić information content (AvgIpc) is 2.26. The Morgan fingerprint density at radius 2 is 1.50 bits per heavy atom. The number of carbonyl (C=O) groups is 1. The summed E-state index contributed by atoms with van der Waals surface area (Å²) in [6.45, 7) is 0. The van der Waals surface area contributed by atoms with Gasteiger partial charge < -0.3 is 24.1 Å². The number of aromatic carboxylic acids is 1. The number of carbonyl (C=O) groups excluding carboxylic acids is 1. The first-order valence-electron chi connectivity index (χ1n) is 4.15. The first kappa shape index (κ1) is 15.1. The molecular formula is C10H11NaO5. The summed E-state index contributed by atoms with van der Waals surface area (Å²) in [7, 11) is 4.27. The molecule has 0 atom stereocenters. The van der Waals surface area contributed by atoms with Crippen LogP contribution in [0.4, 0.5) is 0 Å². The Balaban J connectivity index is 0.00000225. The number of ether oxygens (including phenoxy) is 3. The third-order valence-electron chi connectivity index (χ3n) is 1.90. The van der Waals surface area contributed by atoms with Crippen LogP contribution in [0.5, 0.6) is 17.2 Å². The van der Waals surface area contributed by atoms with Gasteiger partial charge >= 0.3 is 29.6 Å². The summed E-state index contributed by atoms with van der Waals surface area (Å²) < 4.78 is 15.0. The summed E-state index contributed by atoms with van der Waals surface area (Å²) in [5, 5.41) is 10.7. The predicted molar refractivity (Wildman–Crippen MR) is 50.4 cm³/mol. The zero-order valence-electron chi connectivity index (χ0n) is 9.70. The average molecular weight is 234 g/mol. The molecule has 0 aliphatic heterocycles. The van der Waals surface area contributed by atoms with Crippen LogP contribution in [0, 0.1) is 0 Å². The number of carboxylic acid groups (broad SMARTS) is 1. The second-order valence-corrected chi connectivity index (χ2v) is 2.70. The van der Waals surface area contributed by atoms with Crippen molar-refractivity contribution in [2.45, 2.75) is 0 Å². The Morgan fingerprint density at radius 3 is 1.75 bits per heavy atom. The number of benzene rings is 1. The van der Waals surface area contributed by atoms with E-state index in [1.165, 1.54) is 33.5 Å². The van der Waals surface area contributed by atoms with Gasteiger partial charge in [-0.3, -0.25) is 0 Å². The quantitative estimate of drug-likeness (QED) is 0.522. The van der Waals surface area contributed by atoms with Crippen LogP contribution >= 0.6 is 0 Å². The van der Waals surface area contributed by atoms with Crippen LogP contribution in [0.25, 0.3) is 0 Å². The Kier molecular flexibility index (Phi) is 6.25. The minimum Gasteiger partial charge on any atom is -0.545 e. The number of rotatable bonds is 4. The normalized spacial score (nSPS) is 8.94. The first-order valence-corrected chi connectivity index (χ1v) is 4.15. The molecule has 5 nitrogen and oxygen atoms in total. The van der Waals surface area contributed by atoms with Crippen LogP contribution in [0.2, 0.25) is 0 Å². The van der Waals surface area contributed by atoms with Gasteiger partial charge in [0.25, 0.3) is 0 Å². The van der Waals surface area contributed by atoms with Crippen LogP contribution in [-0.4, -0.2) is 27.3 Å². The molecule has 0 radical (unpaired) electrons. The van der Waals surface area contributed by atoms with E-state index in [4.69, 9.17) is 14.2 Å². The summed E-state index contributed by atoms with van der Waals surface area (Å²) in [6, 6.07) is 2.63. The second kappa shape index (κ2) is 6.62. The van der Waals surface area contributed by atoms with Gasteiger partial charge in [-0.15, -0.1) is 0 Å². The Bertz CT molecular complexity index is 352. The van der Waals surface area contributed by atoms with E-state index in [0.29, 0.717) is 5.75 Å². The summed E-state index contributed by atoms with van der Waals surface area (Å²) in [4.78, 5) is 10.7. The van der Waals surface area contributed by atoms with E-state index >= 15 is 0 Å². The Labute approximate surface area is 116 Å². The van der Waals surface area contributed by atoms with E-state index in [1.54, 1.807) is 0 Å². The maximum absolute atomic E-state index is 10.7. The molecule has 1 aromatic rings. The zero-order valence-corrected chi connectivity index (χ0v) is 11.7. The third-order valence-corrected chi connectivity index (χ3v) is 1.90. The second-order valence-electron chi connectivity index (χ2n) is 2.70. The molecule has 0 heterocycles. The predicted octanol–water partition coefficient (Wildman–Crippen LogP) is -2.92. The fourth-order valence-electron chi connectivity index (χ4n) is 1.20. The molecule has 0 spiro atoms. The summed E-state index contributed by atoms with van der Waals surface area (Å²) >= 11 is 0. The van der Waals surface area contributed by atoms with Gasteiger partial charge in [-0.2, -0.15) is 0 Å². The number of carboxylic acids is 1. The minimum atomic E-state index is -1.30. The molecule has 0 aliphatic carbocycles. The van der Waals surface area contributed by atoms with Gasteiger partial charge in [-0.25, -0.2) is 0 Å². The molecule has 6 heteroatoms. The van der Waals surface area contributed by atoms with Crippen molar-refractivity contribution in [2.24, 2.45) is 0 Å². The van der Waals surface area contributed by atoms with Crippen LogP contribution in [0.3, 0.4) is 0 Å². The fraction of sp³-hybridized carbons (Fsp3) is 0.300. The van der Waals surface area contributed by atoms with Crippen LogP contribution in [-0.2, 0) is 0 Å². The van der Waals surface area contributed by atoms with E-state index in [1.807, 2.05) is 0 Å². The van der Waals surface area contributed by atoms with Crippen molar-refractivity contribution in [3.8, 4) is 17.2 Å². The van der Waals surface area contributed by atoms with Gasteiger partial charge in [0, 0.05) is 5.56 Å². The van der Waals surface area contributed by atoms with Gasteiger partial charge in [0.1, 0.15) is 0 Å². The number of hydrogen-bond acceptors (Lipinski definition) is 5. The summed E-state index contributed by atoms with van der Waals surface area (Å²) in [6.07, 6.45) is 0. The van der Waals surface area contributed by atoms with Crippen molar-refractivity contribution in [2.75, 3.05) is 21.3 Å². The van der Waals surface area contributed by atoms with Crippen molar-refractivity contribution in [1.82, 2.24) is 0 Å².